The van der Waals surface area contributed by atoms with Gasteiger partial charge in [-0.05, 0) is 43.9 Å². The Morgan fingerprint density at radius 2 is 2.07 bits per heavy atom. The number of sulfone groups is 1. The van der Waals surface area contributed by atoms with Crippen LogP contribution in [-0.2, 0) is 16.3 Å². The Labute approximate surface area is 84.9 Å². The van der Waals surface area contributed by atoms with Crippen molar-refractivity contribution in [1.29, 1.82) is 0 Å². The van der Waals surface area contributed by atoms with E-state index < -0.39 is 9.84 Å². The van der Waals surface area contributed by atoms with Crippen LogP contribution < -0.4 is 0 Å². The van der Waals surface area contributed by atoms with E-state index in [4.69, 9.17) is 0 Å². The summed E-state index contributed by atoms with van der Waals surface area (Å²) in [5.74, 6) is 0. The van der Waals surface area contributed by atoms with Crippen molar-refractivity contribution in [1.82, 2.24) is 0 Å². The van der Waals surface area contributed by atoms with Crippen molar-refractivity contribution < 1.29 is 8.42 Å². The van der Waals surface area contributed by atoms with Gasteiger partial charge < -0.3 is 0 Å². The highest BCUT2D eigenvalue weighted by Gasteiger charge is 2.36. The lowest BCUT2D eigenvalue weighted by atomic mass is 10.2. The van der Waals surface area contributed by atoms with Gasteiger partial charge in [0.05, 0.1) is 10.1 Å². The molecule has 1 radical (unpaired) electrons. The Balaban J connectivity index is 2.40. The van der Waals surface area contributed by atoms with Gasteiger partial charge in [0.1, 0.15) is 0 Å². The first-order valence-corrected chi connectivity index (χ1v) is 6.31. The molecule has 0 saturated heterocycles. The van der Waals surface area contributed by atoms with Crippen molar-refractivity contribution in [3.63, 3.8) is 0 Å². The second-order valence-corrected chi connectivity index (χ2v) is 5.87. The molecule has 0 N–H and O–H groups in total. The van der Waals surface area contributed by atoms with Crippen LogP contribution in [0.15, 0.2) is 29.2 Å². The van der Waals surface area contributed by atoms with Gasteiger partial charge in [0.15, 0.2) is 9.84 Å². The van der Waals surface area contributed by atoms with E-state index in [2.05, 4.69) is 6.92 Å². The molecule has 2 rings (SSSR count). The maximum atomic E-state index is 11.8. The average Bonchev–Trinajstić information content (AvgIpc) is 3.01. The molecular weight excluding hydrogens is 196 g/mol. The fourth-order valence-electron chi connectivity index (χ4n) is 1.45. The van der Waals surface area contributed by atoms with E-state index in [1.54, 1.807) is 18.2 Å². The lowest BCUT2D eigenvalue weighted by Gasteiger charge is -2.03. The van der Waals surface area contributed by atoms with Crippen molar-refractivity contribution in [3.05, 3.63) is 36.8 Å². The summed E-state index contributed by atoms with van der Waals surface area (Å²) in [5, 5.41) is -0.123. The zero-order chi connectivity index (χ0) is 10.2. The van der Waals surface area contributed by atoms with Crippen molar-refractivity contribution in [2.75, 3.05) is 0 Å². The van der Waals surface area contributed by atoms with E-state index >= 15 is 0 Å². The number of hydrogen-bond donors (Lipinski definition) is 0. The fraction of sp³-hybridized carbons (Fsp3) is 0.364. The third kappa shape index (κ3) is 1.69. The highest BCUT2D eigenvalue weighted by Crippen LogP contribution is 2.33. The van der Waals surface area contributed by atoms with Gasteiger partial charge in [0.25, 0.3) is 0 Å². The van der Waals surface area contributed by atoms with Crippen LogP contribution in [0.4, 0.5) is 0 Å². The predicted molar refractivity (Wildman–Crippen MR) is 55.7 cm³/mol. The second kappa shape index (κ2) is 3.39. The van der Waals surface area contributed by atoms with E-state index in [0.29, 0.717) is 11.3 Å². The minimum atomic E-state index is -3.03. The third-order valence-electron chi connectivity index (χ3n) is 2.48. The Hall–Kier alpha value is -0.830. The lowest BCUT2D eigenvalue weighted by Crippen LogP contribution is -2.07. The van der Waals surface area contributed by atoms with E-state index in [1.807, 2.05) is 6.07 Å². The molecule has 0 heterocycles. The Morgan fingerprint density at radius 3 is 2.64 bits per heavy atom. The van der Waals surface area contributed by atoms with Gasteiger partial charge in [-0.15, -0.1) is 0 Å². The topological polar surface area (TPSA) is 34.1 Å². The molecule has 1 aromatic carbocycles. The minimum absolute atomic E-state index is 0.123. The molecule has 0 aromatic heterocycles. The highest BCUT2D eigenvalue weighted by atomic mass is 32.2. The first kappa shape index (κ1) is 9.71. The SMILES string of the molecule is [CH2]Cc1cccc(S(=O)(=O)C2CC2)c1. The molecule has 0 spiro atoms. The molecule has 2 nitrogen and oxygen atoms in total. The van der Waals surface area contributed by atoms with Gasteiger partial charge in [0.2, 0.25) is 0 Å². The summed E-state index contributed by atoms with van der Waals surface area (Å²) in [6, 6.07) is 7.10. The van der Waals surface area contributed by atoms with Crippen LogP contribution >= 0.6 is 0 Å². The van der Waals surface area contributed by atoms with Crippen LogP contribution in [0.2, 0.25) is 0 Å². The lowest BCUT2D eigenvalue weighted by molar-refractivity contribution is 0.594. The summed E-state index contributed by atoms with van der Waals surface area (Å²) in [5.41, 5.74) is 0.978. The Bertz CT molecular complexity index is 430. The van der Waals surface area contributed by atoms with Crippen molar-refractivity contribution in [2.24, 2.45) is 0 Å². The molecule has 1 saturated carbocycles. The predicted octanol–water partition coefficient (Wildman–Crippen LogP) is 2.00. The molecule has 1 aromatic rings. The molecule has 1 fully saturated rings. The monoisotopic (exact) mass is 209 g/mol. The average molecular weight is 209 g/mol. The molecule has 1 aliphatic rings. The summed E-state index contributed by atoms with van der Waals surface area (Å²) in [6.07, 6.45) is 2.27. The van der Waals surface area contributed by atoms with Crippen LogP contribution in [0.3, 0.4) is 0 Å². The molecule has 0 bridgehead atoms. The summed E-state index contributed by atoms with van der Waals surface area (Å²) in [4.78, 5) is 0.459. The normalized spacial score (nSPS) is 16.9. The van der Waals surface area contributed by atoms with Gasteiger partial charge >= 0.3 is 0 Å². The van der Waals surface area contributed by atoms with E-state index in [9.17, 15) is 8.42 Å². The fourth-order valence-corrected chi connectivity index (χ4v) is 3.17. The largest absolute Gasteiger partial charge is 0.223 e. The maximum Gasteiger partial charge on any atom is 0.181 e. The van der Waals surface area contributed by atoms with Crippen LogP contribution in [0.5, 0.6) is 0 Å². The first-order chi connectivity index (χ1) is 6.64. The Morgan fingerprint density at radius 1 is 1.36 bits per heavy atom. The molecule has 75 valence electrons. The zero-order valence-corrected chi connectivity index (χ0v) is 8.76. The van der Waals surface area contributed by atoms with Gasteiger partial charge in [-0.2, -0.15) is 0 Å². The standard InChI is InChI=1S/C11H13O2S/c1-2-9-4-3-5-11(8-9)14(12,13)10-6-7-10/h3-5,8,10H,1-2,6-7H2. The van der Waals surface area contributed by atoms with Gasteiger partial charge in [-0.1, -0.05) is 12.1 Å². The van der Waals surface area contributed by atoms with Crippen LogP contribution in [0, 0.1) is 6.92 Å². The van der Waals surface area contributed by atoms with E-state index in [1.165, 1.54) is 0 Å². The molecule has 1 aliphatic carbocycles. The molecule has 3 heteroatoms. The van der Waals surface area contributed by atoms with Crippen LogP contribution in [0.1, 0.15) is 18.4 Å². The Kier molecular flexibility index (Phi) is 2.35. The summed E-state index contributed by atoms with van der Waals surface area (Å²) in [6.45, 7) is 3.74. The quantitative estimate of drug-likeness (QED) is 0.763. The molecule has 0 aliphatic heterocycles. The van der Waals surface area contributed by atoms with Crippen molar-refractivity contribution in [3.8, 4) is 0 Å². The summed E-state index contributed by atoms with van der Waals surface area (Å²) in [7, 11) is -3.03. The number of hydrogen-bond acceptors (Lipinski definition) is 2. The zero-order valence-electron chi connectivity index (χ0n) is 7.94. The molecule has 0 amide bonds. The molecule has 14 heavy (non-hydrogen) atoms. The molecule has 0 unspecified atom stereocenters. The highest BCUT2D eigenvalue weighted by molar-refractivity contribution is 7.92. The van der Waals surface area contributed by atoms with Crippen LogP contribution in [0.25, 0.3) is 0 Å². The molecular formula is C11H13O2S. The van der Waals surface area contributed by atoms with Gasteiger partial charge in [-0.3, -0.25) is 0 Å². The third-order valence-corrected chi connectivity index (χ3v) is 4.74. The van der Waals surface area contributed by atoms with Crippen molar-refractivity contribution >= 4 is 9.84 Å². The smallest absolute Gasteiger partial charge is 0.181 e. The first-order valence-electron chi connectivity index (χ1n) is 4.76. The van der Waals surface area contributed by atoms with Crippen molar-refractivity contribution in [2.45, 2.75) is 29.4 Å². The number of rotatable bonds is 3. The van der Waals surface area contributed by atoms with E-state index in [0.717, 1.165) is 18.4 Å². The van der Waals surface area contributed by atoms with Crippen LogP contribution in [-0.4, -0.2) is 13.7 Å². The van der Waals surface area contributed by atoms with E-state index in [-0.39, 0.29) is 5.25 Å². The minimum Gasteiger partial charge on any atom is -0.223 e. The van der Waals surface area contributed by atoms with Gasteiger partial charge in [-0.25, -0.2) is 8.42 Å². The summed E-state index contributed by atoms with van der Waals surface area (Å²) >= 11 is 0. The molecule has 0 atom stereocenters. The number of benzene rings is 1. The maximum absolute atomic E-state index is 11.8. The van der Waals surface area contributed by atoms with Gasteiger partial charge in [0, 0.05) is 0 Å². The summed E-state index contributed by atoms with van der Waals surface area (Å²) < 4.78 is 23.7. The second-order valence-electron chi connectivity index (χ2n) is 3.64.